The standard InChI is InChI=1S/C12H17N3OS.HI/c1-15(2)9-13-12(17-4)14-10-5-7-11(16-3)8-6-10;/h5-9H,1-4H3;1H. The van der Waals surface area contributed by atoms with E-state index in [0.29, 0.717) is 0 Å². The van der Waals surface area contributed by atoms with Crippen LogP contribution in [0.2, 0.25) is 0 Å². The lowest BCUT2D eigenvalue weighted by molar-refractivity contribution is -0.460. The summed E-state index contributed by atoms with van der Waals surface area (Å²) in [6.07, 6.45) is 3.75. The van der Waals surface area contributed by atoms with Crippen molar-refractivity contribution in [3.8, 4) is 5.75 Å². The summed E-state index contributed by atoms with van der Waals surface area (Å²) < 4.78 is 7.00. The van der Waals surface area contributed by atoms with Crippen LogP contribution in [-0.2, 0) is 0 Å². The minimum Gasteiger partial charge on any atom is -1.00 e. The molecule has 0 aromatic heterocycles. The first kappa shape index (κ1) is 17.2. The van der Waals surface area contributed by atoms with Crippen molar-refractivity contribution >= 4 is 29.0 Å². The fourth-order valence-corrected chi connectivity index (χ4v) is 1.47. The summed E-state index contributed by atoms with van der Waals surface area (Å²) in [5.41, 5.74) is 0.992. The van der Waals surface area contributed by atoms with E-state index in [1.165, 1.54) is 0 Å². The van der Waals surface area contributed by atoms with Gasteiger partial charge in [-0.15, -0.1) is 0 Å². The van der Waals surface area contributed by atoms with Gasteiger partial charge in [0.05, 0.1) is 21.2 Å². The van der Waals surface area contributed by atoms with Crippen molar-refractivity contribution in [1.82, 2.24) is 0 Å². The van der Waals surface area contributed by atoms with Crippen molar-refractivity contribution in [1.29, 1.82) is 0 Å². The van der Waals surface area contributed by atoms with Gasteiger partial charge in [0.2, 0.25) is 0 Å². The second kappa shape index (κ2) is 9.21. The molecule has 0 fully saturated rings. The van der Waals surface area contributed by atoms with E-state index in [2.05, 4.69) is 10.3 Å². The van der Waals surface area contributed by atoms with Crippen molar-refractivity contribution in [2.45, 2.75) is 0 Å². The Labute approximate surface area is 130 Å². The number of nitrogens with one attached hydrogen (secondary N) is 1. The summed E-state index contributed by atoms with van der Waals surface area (Å²) in [5.74, 6) is 0.845. The number of thioether (sulfide) groups is 1. The Kier molecular flexibility index (Phi) is 8.82. The van der Waals surface area contributed by atoms with Crippen LogP contribution in [0.15, 0.2) is 29.3 Å². The normalized spacial score (nSPS) is 10.3. The van der Waals surface area contributed by atoms with Gasteiger partial charge in [-0.25, -0.2) is 0 Å². The van der Waals surface area contributed by atoms with Crippen molar-refractivity contribution in [2.24, 2.45) is 4.99 Å². The smallest absolute Gasteiger partial charge is 0.284 e. The minimum absolute atomic E-state index is 0. The van der Waals surface area contributed by atoms with Crippen LogP contribution in [0.1, 0.15) is 0 Å². The van der Waals surface area contributed by atoms with Crippen LogP contribution in [0.5, 0.6) is 5.75 Å². The summed E-state index contributed by atoms with van der Waals surface area (Å²) in [6, 6.07) is 7.74. The van der Waals surface area contributed by atoms with Crippen LogP contribution >= 0.6 is 11.8 Å². The molecule has 0 heterocycles. The van der Waals surface area contributed by atoms with Crippen LogP contribution in [-0.4, -0.2) is 43.5 Å². The van der Waals surface area contributed by atoms with Gasteiger partial charge in [0, 0.05) is 5.69 Å². The summed E-state index contributed by atoms with van der Waals surface area (Å²) in [5, 5.41) is 4.09. The quantitative estimate of drug-likeness (QED) is 0.321. The molecule has 0 saturated heterocycles. The fraction of sp³-hybridized carbons (Fsp3) is 0.333. The molecule has 0 radical (unpaired) electrons. The molecule has 0 spiro atoms. The summed E-state index contributed by atoms with van der Waals surface area (Å²) in [4.78, 5) is 4.32. The maximum absolute atomic E-state index is 5.10. The monoisotopic (exact) mass is 379 g/mol. The molecule has 0 saturated carbocycles. The number of benzene rings is 1. The highest BCUT2D eigenvalue weighted by molar-refractivity contribution is 8.13. The fourth-order valence-electron chi connectivity index (χ4n) is 1.10. The Balaban J connectivity index is 0.00000289. The Morgan fingerprint density at radius 1 is 1.33 bits per heavy atom. The minimum atomic E-state index is 0. The number of amidine groups is 1. The molecule has 100 valence electrons. The molecule has 0 unspecified atom stereocenters. The number of ether oxygens (including phenoxy) is 1. The predicted molar refractivity (Wildman–Crippen MR) is 75.7 cm³/mol. The van der Waals surface area contributed by atoms with Gasteiger partial charge in [0.15, 0.2) is 0 Å². The molecule has 4 nitrogen and oxygen atoms in total. The van der Waals surface area contributed by atoms with E-state index < -0.39 is 0 Å². The molecule has 0 aliphatic rings. The number of rotatable bonds is 3. The molecule has 0 aliphatic carbocycles. The Morgan fingerprint density at radius 2 is 1.94 bits per heavy atom. The molecule has 0 aliphatic heterocycles. The maximum Gasteiger partial charge on any atom is 0.284 e. The average Bonchev–Trinajstić information content (AvgIpc) is 2.35. The Bertz CT molecular complexity index is 414. The first-order chi connectivity index (χ1) is 8.15. The zero-order chi connectivity index (χ0) is 12.7. The molecule has 0 amide bonds. The zero-order valence-electron chi connectivity index (χ0n) is 11.0. The van der Waals surface area contributed by atoms with Crippen molar-refractivity contribution < 1.29 is 33.3 Å². The highest BCUT2D eigenvalue weighted by Gasteiger charge is 2.03. The average molecular weight is 379 g/mol. The maximum atomic E-state index is 5.10. The molecule has 6 heteroatoms. The Morgan fingerprint density at radius 3 is 2.39 bits per heavy atom. The van der Waals surface area contributed by atoms with Gasteiger partial charge < -0.3 is 34.0 Å². The molecule has 1 rings (SSSR count). The van der Waals surface area contributed by atoms with Gasteiger partial charge >= 0.3 is 0 Å². The SMILES string of the molecule is COc1ccc(NC(=NC=[N+](C)C)SC)cc1.[I-]. The summed E-state index contributed by atoms with van der Waals surface area (Å²) in [6.45, 7) is 0. The number of hydrogen-bond donors (Lipinski definition) is 1. The van der Waals surface area contributed by atoms with E-state index in [4.69, 9.17) is 4.74 Å². The van der Waals surface area contributed by atoms with Gasteiger partial charge in [0.1, 0.15) is 5.75 Å². The highest BCUT2D eigenvalue weighted by Crippen LogP contribution is 2.16. The van der Waals surface area contributed by atoms with Crippen molar-refractivity contribution in [2.75, 3.05) is 32.8 Å². The van der Waals surface area contributed by atoms with Crippen molar-refractivity contribution in [3.63, 3.8) is 0 Å². The number of hydrogen-bond acceptors (Lipinski definition) is 2. The van der Waals surface area contributed by atoms with E-state index in [9.17, 15) is 0 Å². The van der Waals surface area contributed by atoms with E-state index in [0.717, 1.165) is 16.6 Å². The van der Waals surface area contributed by atoms with E-state index in [1.54, 1.807) is 25.2 Å². The van der Waals surface area contributed by atoms with Crippen LogP contribution < -0.4 is 34.0 Å². The highest BCUT2D eigenvalue weighted by atomic mass is 127. The molecular weight excluding hydrogens is 361 g/mol. The molecule has 0 bridgehead atoms. The molecular formula is C12H18IN3OS. The summed E-state index contributed by atoms with van der Waals surface area (Å²) >= 11 is 1.57. The molecule has 1 aromatic rings. The second-order valence-corrected chi connectivity index (χ2v) is 4.37. The molecule has 0 atom stereocenters. The first-order valence-electron chi connectivity index (χ1n) is 5.18. The van der Waals surface area contributed by atoms with Crippen LogP contribution in [0.25, 0.3) is 0 Å². The number of halogens is 1. The third-order valence-corrected chi connectivity index (χ3v) is 2.53. The van der Waals surface area contributed by atoms with E-state index >= 15 is 0 Å². The predicted octanol–water partition coefficient (Wildman–Crippen LogP) is -0.869. The third kappa shape index (κ3) is 6.25. The number of methoxy groups -OCH3 is 1. The van der Waals surface area contributed by atoms with Gasteiger partial charge in [-0.1, -0.05) is 11.8 Å². The van der Waals surface area contributed by atoms with Crippen LogP contribution in [0.4, 0.5) is 5.69 Å². The topological polar surface area (TPSA) is 36.6 Å². The Hall–Kier alpha value is -0.760. The largest absolute Gasteiger partial charge is 1.00 e. The number of nitrogens with zero attached hydrogens (tertiary/aromatic N) is 2. The van der Waals surface area contributed by atoms with Gasteiger partial charge in [-0.05, 0) is 35.5 Å². The van der Waals surface area contributed by atoms with E-state index in [1.807, 2.05) is 49.2 Å². The van der Waals surface area contributed by atoms with Gasteiger partial charge in [-0.2, -0.15) is 0 Å². The first-order valence-corrected chi connectivity index (χ1v) is 6.41. The zero-order valence-corrected chi connectivity index (χ0v) is 13.9. The number of aliphatic imine (C=N–C) groups is 1. The van der Waals surface area contributed by atoms with Crippen molar-refractivity contribution in [3.05, 3.63) is 24.3 Å². The lowest BCUT2D eigenvalue weighted by atomic mass is 10.3. The second-order valence-electron chi connectivity index (χ2n) is 3.57. The molecule has 1 aromatic carbocycles. The molecule has 1 N–H and O–H groups in total. The van der Waals surface area contributed by atoms with Crippen LogP contribution in [0.3, 0.4) is 0 Å². The number of anilines is 1. The lowest BCUT2D eigenvalue weighted by Crippen LogP contribution is -3.00. The van der Waals surface area contributed by atoms with Crippen LogP contribution in [0, 0.1) is 0 Å². The van der Waals surface area contributed by atoms with E-state index in [-0.39, 0.29) is 24.0 Å². The third-order valence-electron chi connectivity index (χ3n) is 1.94. The van der Waals surface area contributed by atoms with Gasteiger partial charge in [0.25, 0.3) is 11.5 Å². The lowest BCUT2D eigenvalue weighted by Gasteiger charge is -2.04. The molecule has 18 heavy (non-hydrogen) atoms. The summed E-state index contributed by atoms with van der Waals surface area (Å²) in [7, 11) is 5.53. The van der Waals surface area contributed by atoms with Gasteiger partial charge in [-0.3, -0.25) is 4.58 Å².